The molecule has 3 N–H and O–H groups in total. The van der Waals surface area contributed by atoms with Crippen LogP contribution in [0.3, 0.4) is 0 Å². The summed E-state index contributed by atoms with van der Waals surface area (Å²) >= 11 is 0. The van der Waals surface area contributed by atoms with Crippen LogP contribution in [0.5, 0.6) is 5.75 Å². The van der Waals surface area contributed by atoms with E-state index in [4.69, 9.17) is 10.5 Å². The lowest BCUT2D eigenvalue weighted by molar-refractivity contribution is -0.142. The third-order valence-corrected chi connectivity index (χ3v) is 5.67. The van der Waals surface area contributed by atoms with E-state index < -0.39 is 23.5 Å². The van der Waals surface area contributed by atoms with Crippen LogP contribution in [-0.4, -0.2) is 23.6 Å². The van der Waals surface area contributed by atoms with Crippen LogP contribution in [0.2, 0.25) is 0 Å². The fraction of sp³-hybridized carbons (Fsp3) is 0.292. The number of unbranched alkanes of at least 4 members (excludes halogenated alkanes) is 1. The number of halogens is 6. The highest BCUT2D eigenvalue weighted by Crippen LogP contribution is 2.44. The highest BCUT2D eigenvalue weighted by molar-refractivity contribution is 5.95. The number of nitrogens with one attached hydrogen (secondary N) is 1. The quantitative estimate of drug-likeness (QED) is 0.238. The van der Waals surface area contributed by atoms with Gasteiger partial charge < -0.3 is 15.5 Å². The number of ether oxygens (including phenoxy) is 1. The molecule has 0 fully saturated rings. The summed E-state index contributed by atoms with van der Waals surface area (Å²) in [6.07, 6.45) is -8.75. The number of nitrogens with zero attached hydrogens (tertiary/aromatic N) is 1. The van der Waals surface area contributed by atoms with Gasteiger partial charge in [-0.05, 0) is 55.6 Å². The SMILES string of the molecule is COc1cc(-c2[nH]c3cc(C(F)(F)F)cc(C(F)(F)F)c3c2CCCCN)nc2ccccc12. The van der Waals surface area contributed by atoms with Gasteiger partial charge in [0.2, 0.25) is 0 Å². The van der Waals surface area contributed by atoms with E-state index in [-0.39, 0.29) is 40.3 Å². The summed E-state index contributed by atoms with van der Waals surface area (Å²) in [5.41, 5.74) is 3.86. The Morgan fingerprint density at radius 3 is 2.35 bits per heavy atom. The van der Waals surface area contributed by atoms with Crippen LogP contribution < -0.4 is 10.5 Å². The zero-order chi connectivity index (χ0) is 24.7. The van der Waals surface area contributed by atoms with E-state index in [1.54, 1.807) is 30.3 Å². The number of aromatic nitrogens is 2. The van der Waals surface area contributed by atoms with Crippen molar-refractivity contribution >= 4 is 21.8 Å². The molecule has 0 radical (unpaired) electrons. The lowest BCUT2D eigenvalue weighted by Crippen LogP contribution is -2.11. The Kier molecular flexibility index (Phi) is 6.20. The van der Waals surface area contributed by atoms with Crippen LogP contribution >= 0.6 is 0 Å². The van der Waals surface area contributed by atoms with Gasteiger partial charge in [-0.25, -0.2) is 4.98 Å². The molecule has 2 aromatic heterocycles. The van der Waals surface area contributed by atoms with Gasteiger partial charge in [0.05, 0.1) is 35.1 Å². The molecule has 0 unspecified atom stereocenters. The lowest BCUT2D eigenvalue weighted by Gasteiger charge is -2.14. The molecule has 2 aromatic carbocycles. The second-order valence-corrected chi connectivity index (χ2v) is 7.89. The number of aryl methyl sites for hydroxylation is 1. The molecule has 0 aliphatic carbocycles. The number of para-hydroxylation sites is 1. The third kappa shape index (κ3) is 4.42. The standard InChI is InChI=1S/C24H21F6N3O/c1-34-20-12-19(32-17-8-3-2-6-14(17)20)22-15(7-4-5-9-31)21-16(24(28,29)30)10-13(23(25,26)27)11-18(21)33-22/h2-3,6,8,10-12,33H,4-5,7,9,31H2,1H3. The largest absolute Gasteiger partial charge is 0.496 e. The maximum atomic E-state index is 14.0. The van der Waals surface area contributed by atoms with Crippen molar-refractivity contribution < 1.29 is 31.1 Å². The molecule has 0 saturated heterocycles. The number of rotatable bonds is 6. The molecule has 4 nitrogen and oxygen atoms in total. The van der Waals surface area contributed by atoms with Crippen LogP contribution in [0.25, 0.3) is 33.2 Å². The maximum absolute atomic E-state index is 14.0. The van der Waals surface area contributed by atoms with Crippen molar-refractivity contribution in [1.82, 2.24) is 9.97 Å². The predicted octanol–water partition coefficient (Wildman–Crippen LogP) is 6.71. The molecule has 0 amide bonds. The van der Waals surface area contributed by atoms with Crippen LogP contribution in [0.15, 0.2) is 42.5 Å². The van der Waals surface area contributed by atoms with Gasteiger partial charge in [0.1, 0.15) is 5.75 Å². The number of aromatic amines is 1. The Morgan fingerprint density at radius 2 is 1.71 bits per heavy atom. The molecule has 2 heterocycles. The molecule has 0 atom stereocenters. The minimum Gasteiger partial charge on any atom is -0.496 e. The molecule has 0 aliphatic rings. The molecule has 0 bridgehead atoms. The first-order chi connectivity index (χ1) is 16.0. The van der Waals surface area contributed by atoms with Gasteiger partial charge in [-0.1, -0.05) is 12.1 Å². The minimum absolute atomic E-state index is 0.167. The highest BCUT2D eigenvalue weighted by atomic mass is 19.4. The first kappa shape index (κ1) is 23.9. The molecule has 4 aromatic rings. The van der Waals surface area contributed by atoms with Crippen molar-refractivity contribution in [3.05, 3.63) is 59.2 Å². The Bertz CT molecular complexity index is 1340. The van der Waals surface area contributed by atoms with Gasteiger partial charge in [0.25, 0.3) is 0 Å². The Hall–Kier alpha value is -3.27. The summed E-state index contributed by atoms with van der Waals surface area (Å²) in [5, 5.41) is 0.409. The first-order valence-electron chi connectivity index (χ1n) is 10.5. The Morgan fingerprint density at radius 1 is 0.971 bits per heavy atom. The lowest BCUT2D eigenvalue weighted by atomic mass is 9.96. The number of pyridine rings is 1. The number of methoxy groups -OCH3 is 1. The summed E-state index contributed by atoms with van der Waals surface area (Å²) in [4.78, 5) is 7.36. The second kappa shape index (κ2) is 8.83. The van der Waals surface area contributed by atoms with Crippen LogP contribution in [-0.2, 0) is 18.8 Å². The van der Waals surface area contributed by atoms with E-state index in [1.807, 2.05) is 0 Å². The van der Waals surface area contributed by atoms with E-state index in [0.717, 1.165) is 0 Å². The Labute approximate surface area is 190 Å². The number of H-pyrrole nitrogens is 1. The molecule has 4 rings (SSSR count). The van der Waals surface area contributed by atoms with Gasteiger partial charge in [0, 0.05) is 22.4 Å². The molecule has 34 heavy (non-hydrogen) atoms. The van der Waals surface area contributed by atoms with E-state index >= 15 is 0 Å². The van der Waals surface area contributed by atoms with Crippen molar-refractivity contribution in [3.63, 3.8) is 0 Å². The minimum atomic E-state index is -4.99. The second-order valence-electron chi connectivity index (χ2n) is 7.89. The van der Waals surface area contributed by atoms with Crippen LogP contribution in [0.1, 0.15) is 29.5 Å². The summed E-state index contributed by atoms with van der Waals surface area (Å²) in [7, 11) is 1.45. The van der Waals surface area contributed by atoms with E-state index in [2.05, 4.69) is 9.97 Å². The van der Waals surface area contributed by atoms with Gasteiger partial charge in [0.15, 0.2) is 0 Å². The van der Waals surface area contributed by atoms with Crippen molar-refractivity contribution in [1.29, 1.82) is 0 Å². The summed E-state index contributed by atoms with van der Waals surface area (Å²) in [6.45, 7) is 0.337. The summed E-state index contributed by atoms with van der Waals surface area (Å²) in [5.74, 6) is 0.444. The molecule has 0 spiro atoms. The van der Waals surface area contributed by atoms with E-state index in [0.29, 0.717) is 42.1 Å². The Balaban J connectivity index is 2.05. The van der Waals surface area contributed by atoms with E-state index in [1.165, 1.54) is 7.11 Å². The summed E-state index contributed by atoms with van der Waals surface area (Å²) in [6, 6.07) is 9.50. The monoisotopic (exact) mass is 481 g/mol. The molecular weight excluding hydrogens is 460 g/mol. The molecule has 0 saturated carbocycles. The number of benzene rings is 2. The van der Waals surface area contributed by atoms with Gasteiger partial charge in [-0.2, -0.15) is 26.3 Å². The number of fused-ring (bicyclic) bond motifs is 2. The molecule has 180 valence electrons. The van der Waals surface area contributed by atoms with Gasteiger partial charge in [-0.3, -0.25) is 0 Å². The normalized spacial score (nSPS) is 12.6. The van der Waals surface area contributed by atoms with Crippen molar-refractivity contribution in [2.24, 2.45) is 5.73 Å². The number of hydrogen-bond donors (Lipinski definition) is 2. The molecule has 10 heteroatoms. The number of alkyl halides is 6. The average molecular weight is 481 g/mol. The van der Waals surface area contributed by atoms with Crippen molar-refractivity contribution in [2.75, 3.05) is 13.7 Å². The van der Waals surface area contributed by atoms with Crippen molar-refractivity contribution in [3.8, 4) is 17.1 Å². The van der Waals surface area contributed by atoms with Crippen LogP contribution in [0, 0.1) is 0 Å². The topological polar surface area (TPSA) is 63.9 Å². The van der Waals surface area contributed by atoms with Crippen LogP contribution in [0.4, 0.5) is 26.3 Å². The molecular formula is C24H21F6N3O. The van der Waals surface area contributed by atoms with Crippen molar-refractivity contribution in [2.45, 2.75) is 31.6 Å². The zero-order valence-electron chi connectivity index (χ0n) is 18.1. The first-order valence-corrected chi connectivity index (χ1v) is 10.5. The molecule has 0 aliphatic heterocycles. The fourth-order valence-electron chi connectivity index (χ4n) is 4.14. The number of nitrogens with two attached hydrogens (primary N) is 1. The predicted molar refractivity (Wildman–Crippen MR) is 118 cm³/mol. The zero-order valence-corrected chi connectivity index (χ0v) is 18.1. The highest BCUT2D eigenvalue weighted by Gasteiger charge is 2.39. The van der Waals surface area contributed by atoms with Gasteiger partial charge >= 0.3 is 12.4 Å². The van der Waals surface area contributed by atoms with Gasteiger partial charge in [-0.15, -0.1) is 0 Å². The third-order valence-electron chi connectivity index (χ3n) is 5.67. The summed E-state index contributed by atoms with van der Waals surface area (Å²) < 4.78 is 87.5. The number of hydrogen-bond acceptors (Lipinski definition) is 3. The van der Waals surface area contributed by atoms with E-state index in [9.17, 15) is 26.3 Å². The fourth-order valence-corrected chi connectivity index (χ4v) is 4.14. The smallest absolute Gasteiger partial charge is 0.417 e. The average Bonchev–Trinajstić information content (AvgIpc) is 3.15. The maximum Gasteiger partial charge on any atom is 0.417 e.